The number of carbonyl (C=O) groups is 1. The first-order valence-electron chi connectivity index (χ1n) is 7.79. The Morgan fingerprint density at radius 3 is 2.87 bits per heavy atom. The Balaban J connectivity index is 1.71. The highest BCUT2D eigenvalue weighted by Gasteiger charge is 2.16. The second-order valence-electron chi connectivity index (χ2n) is 5.37. The van der Waals surface area contributed by atoms with Crippen LogP contribution in [0.2, 0.25) is 0 Å². The Kier molecular flexibility index (Phi) is 4.62. The Bertz CT molecular complexity index is 812. The first-order chi connectivity index (χ1) is 11.3. The van der Waals surface area contributed by atoms with Crippen molar-refractivity contribution in [2.75, 3.05) is 6.54 Å². The molecule has 0 aliphatic rings. The van der Waals surface area contributed by atoms with E-state index in [1.54, 1.807) is 12.3 Å². The van der Waals surface area contributed by atoms with Crippen molar-refractivity contribution in [2.24, 2.45) is 0 Å². The van der Waals surface area contributed by atoms with Crippen LogP contribution in [-0.4, -0.2) is 17.0 Å². The van der Waals surface area contributed by atoms with E-state index < -0.39 is 0 Å². The molecule has 0 radical (unpaired) electrons. The van der Waals surface area contributed by atoms with Crippen LogP contribution in [0.25, 0.3) is 11.1 Å². The molecule has 0 aliphatic heterocycles. The highest BCUT2D eigenvalue weighted by Crippen LogP contribution is 2.21. The maximum absolute atomic E-state index is 12.5. The van der Waals surface area contributed by atoms with E-state index in [4.69, 9.17) is 4.42 Å². The molecule has 2 aromatic heterocycles. The van der Waals surface area contributed by atoms with Crippen LogP contribution in [0.5, 0.6) is 0 Å². The molecule has 0 atom stereocenters. The minimum Gasteiger partial charge on any atom is -0.463 e. The molecule has 0 unspecified atom stereocenters. The van der Waals surface area contributed by atoms with Gasteiger partial charge in [-0.3, -0.25) is 4.79 Å². The molecule has 0 fully saturated rings. The lowest BCUT2D eigenvalue weighted by Gasteiger charge is -2.08. The van der Waals surface area contributed by atoms with E-state index in [2.05, 4.69) is 17.4 Å². The molecule has 0 spiro atoms. The summed E-state index contributed by atoms with van der Waals surface area (Å²) in [5.41, 5.74) is 3.52. The number of hydrogen-bond donors (Lipinski definition) is 1. The minimum absolute atomic E-state index is 0.0724. The van der Waals surface area contributed by atoms with Crippen molar-refractivity contribution < 1.29 is 9.21 Å². The minimum atomic E-state index is -0.0724. The third kappa shape index (κ3) is 3.37. The average molecular weight is 308 g/mol. The number of carbonyl (C=O) groups excluding carboxylic acids is 1. The number of fused-ring (bicyclic) bond motifs is 1. The van der Waals surface area contributed by atoms with Gasteiger partial charge in [0.25, 0.3) is 5.91 Å². The van der Waals surface area contributed by atoms with Crippen molar-refractivity contribution in [1.82, 2.24) is 9.88 Å². The molecule has 23 heavy (non-hydrogen) atoms. The van der Waals surface area contributed by atoms with Crippen LogP contribution in [0, 0.1) is 0 Å². The summed E-state index contributed by atoms with van der Waals surface area (Å²) in [6.45, 7) is 3.23. The summed E-state index contributed by atoms with van der Waals surface area (Å²) in [7, 11) is 0. The highest BCUT2D eigenvalue weighted by atomic mass is 16.3. The molecule has 118 valence electrons. The molecule has 0 bridgehead atoms. The largest absolute Gasteiger partial charge is 0.463 e. The lowest BCUT2D eigenvalue weighted by Crippen LogP contribution is -2.27. The Morgan fingerprint density at radius 2 is 2.09 bits per heavy atom. The van der Waals surface area contributed by atoms with Crippen molar-refractivity contribution >= 4 is 17.0 Å². The topological polar surface area (TPSA) is 47.2 Å². The van der Waals surface area contributed by atoms with Gasteiger partial charge in [-0.1, -0.05) is 42.5 Å². The Hall–Kier alpha value is -2.75. The molecule has 1 amide bonds. The monoisotopic (exact) mass is 308 g/mol. The van der Waals surface area contributed by atoms with Crippen molar-refractivity contribution in [1.29, 1.82) is 0 Å². The van der Waals surface area contributed by atoms with Crippen molar-refractivity contribution in [3.05, 3.63) is 72.1 Å². The molecule has 0 aliphatic carbocycles. The molecule has 0 saturated heterocycles. The normalized spacial score (nSPS) is 11.3. The summed E-state index contributed by atoms with van der Waals surface area (Å²) < 4.78 is 7.39. The molecule has 4 nitrogen and oxygen atoms in total. The third-order valence-corrected chi connectivity index (χ3v) is 3.82. The fourth-order valence-electron chi connectivity index (χ4n) is 2.63. The van der Waals surface area contributed by atoms with Gasteiger partial charge in [0, 0.05) is 25.2 Å². The van der Waals surface area contributed by atoms with Crippen LogP contribution in [-0.2, 0) is 13.0 Å². The average Bonchev–Trinajstić information content (AvgIpc) is 3.15. The molecule has 3 rings (SSSR count). The molecule has 2 heterocycles. The van der Waals surface area contributed by atoms with Crippen LogP contribution in [0.4, 0.5) is 0 Å². The summed E-state index contributed by atoms with van der Waals surface area (Å²) in [6.07, 6.45) is 6.46. The van der Waals surface area contributed by atoms with Gasteiger partial charge in [-0.15, -0.1) is 0 Å². The zero-order valence-corrected chi connectivity index (χ0v) is 13.2. The lowest BCUT2D eigenvalue weighted by atomic mass is 10.1. The highest BCUT2D eigenvalue weighted by molar-refractivity contribution is 5.97. The molecular formula is C19H20N2O2. The predicted octanol–water partition coefficient (Wildman–Crippen LogP) is 3.78. The zero-order valence-electron chi connectivity index (χ0n) is 13.2. The van der Waals surface area contributed by atoms with E-state index in [0.29, 0.717) is 18.8 Å². The van der Waals surface area contributed by atoms with E-state index in [9.17, 15) is 4.79 Å². The van der Waals surface area contributed by atoms with Crippen LogP contribution < -0.4 is 5.32 Å². The van der Waals surface area contributed by atoms with Gasteiger partial charge < -0.3 is 14.3 Å². The summed E-state index contributed by atoms with van der Waals surface area (Å²) in [5.74, 6) is -0.0724. The van der Waals surface area contributed by atoms with Crippen LogP contribution >= 0.6 is 0 Å². The molecule has 3 aromatic rings. The predicted molar refractivity (Wildman–Crippen MR) is 91.5 cm³/mol. The maximum atomic E-state index is 12.5. The van der Waals surface area contributed by atoms with Gasteiger partial charge in [-0.25, -0.2) is 0 Å². The van der Waals surface area contributed by atoms with E-state index in [0.717, 1.165) is 17.5 Å². The number of rotatable bonds is 6. The first-order valence-corrected chi connectivity index (χ1v) is 7.79. The molecule has 4 heteroatoms. The molecule has 1 N–H and O–H groups in total. The van der Waals surface area contributed by atoms with Crippen LogP contribution in [0.3, 0.4) is 0 Å². The van der Waals surface area contributed by atoms with E-state index in [1.807, 2.05) is 47.9 Å². The van der Waals surface area contributed by atoms with Crippen molar-refractivity contribution in [3.8, 4) is 0 Å². The van der Waals surface area contributed by atoms with Gasteiger partial charge in [0.05, 0.1) is 11.8 Å². The number of furan rings is 1. The number of benzene rings is 1. The van der Waals surface area contributed by atoms with Gasteiger partial charge in [-0.05, 0) is 18.9 Å². The Labute approximate surface area is 135 Å². The van der Waals surface area contributed by atoms with Gasteiger partial charge >= 0.3 is 0 Å². The standard InChI is InChI=1S/C19H20N2O2/c1-2-3-12-21-16-10-13-23-18(16)14-17(21)19(22)20-11-9-15-7-5-4-6-8-15/h2-8,10,13-14H,9,11-12H2,1H3,(H,20,22)/b3-2-. The fourth-order valence-corrected chi connectivity index (χ4v) is 2.63. The Morgan fingerprint density at radius 1 is 1.26 bits per heavy atom. The lowest BCUT2D eigenvalue weighted by molar-refractivity contribution is 0.0945. The second-order valence-corrected chi connectivity index (χ2v) is 5.37. The third-order valence-electron chi connectivity index (χ3n) is 3.82. The SMILES string of the molecule is C/C=C\Cn1c(C(=O)NCCc2ccccc2)cc2occc21. The van der Waals surface area contributed by atoms with Gasteiger partial charge in [-0.2, -0.15) is 0 Å². The zero-order chi connectivity index (χ0) is 16.1. The smallest absolute Gasteiger partial charge is 0.268 e. The second kappa shape index (κ2) is 7.01. The quantitative estimate of drug-likeness (QED) is 0.704. The summed E-state index contributed by atoms with van der Waals surface area (Å²) in [6, 6.07) is 13.8. The van der Waals surface area contributed by atoms with Crippen LogP contribution in [0.15, 0.2) is 65.3 Å². The van der Waals surface area contributed by atoms with E-state index in [1.165, 1.54) is 5.56 Å². The van der Waals surface area contributed by atoms with E-state index in [-0.39, 0.29) is 5.91 Å². The van der Waals surface area contributed by atoms with Crippen molar-refractivity contribution in [2.45, 2.75) is 19.9 Å². The summed E-state index contributed by atoms with van der Waals surface area (Å²) >= 11 is 0. The van der Waals surface area contributed by atoms with Crippen molar-refractivity contribution in [3.63, 3.8) is 0 Å². The number of nitrogens with zero attached hydrogens (tertiary/aromatic N) is 1. The fraction of sp³-hybridized carbons (Fsp3) is 0.211. The summed E-state index contributed by atoms with van der Waals surface area (Å²) in [4.78, 5) is 12.5. The number of amides is 1. The van der Waals surface area contributed by atoms with Crippen LogP contribution in [0.1, 0.15) is 23.0 Å². The van der Waals surface area contributed by atoms with Gasteiger partial charge in [0.1, 0.15) is 5.69 Å². The van der Waals surface area contributed by atoms with E-state index >= 15 is 0 Å². The number of aromatic nitrogens is 1. The van der Waals surface area contributed by atoms with Gasteiger partial charge in [0.2, 0.25) is 0 Å². The first kappa shape index (κ1) is 15.2. The molecule has 1 aromatic carbocycles. The number of nitrogens with one attached hydrogen (secondary N) is 1. The number of hydrogen-bond acceptors (Lipinski definition) is 2. The maximum Gasteiger partial charge on any atom is 0.268 e. The summed E-state index contributed by atoms with van der Waals surface area (Å²) in [5, 5.41) is 2.99. The molecule has 0 saturated carbocycles. The molecular weight excluding hydrogens is 288 g/mol. The number of allylic oxidation sites excluding steroid dienone is 2. The van der Waals surface area contributed by atoms with Gasteiger partial charge in [0.15, 0.2) is 5.58 Å².